The minimum Gasteiger partial charge on any atom is -0.467 e. The van der Waals surface area contributed by atoms with Gasteiger partial charge in [0.2, 0.25) is 5.88 Å². The van der Waals surface area contributed by atoms with E-state index in [0.29, 0.717) is 19.0 Å². The molecule has 0 aliphatic carbocycles. The monoisotopic (exact) mass is 291 g/mol. The second-order valence-electron chi connectivity index (χ2n) is 4.47. The van der Waals surface area contributed by atoms with E-state index in [1.165, 1.54) is 17.7 Å². The van der Waals surface area contributed by atoms with E-state index in [1.807, 2.05) is 25.3 Å². The number of fused-ring (bicyclic) bond motifs is 1. The highest BCUT2D eigenvalue weighted by Gasteiger charge is 2.14. The Kier molecular flexibility index (Phi) is 4.68. The maximum Gasteiger partial charge on any atom is 0.260 e. The van der Waals surface area contributed by atoms with Gasteiger partial charge in [0.25, 0.3) is 5.91 Å². The van der Waals surface area contributed by atoms with E-state index in [-0.39, 0.29) is 12.5 Å². The van der Waals surface area contributed by atoms with Crippen LogP contribution in [-0.2, 0) is 4.79 Å². The van der Waals surface area contributed by atoms with Crippen LogP contribution in [0.3, 0.4) is 0 Å². The summed E-state index contributed by atoms with van der Waals surface area (Å²) in [6, 6.07) is 1.89. The fourth-order valence-electron chi connectivity index (χ4n) is 1.81. The van der Waals surface area contributed by atoms with Crippen molar-refractivity contribution in [3.05, 3.63) is 29.9 Å². The Labute approximate surface area is 121 Å². The van der Waals surface area contributed by atoms with Crippen molar-refractivity contribution in [1.29, 1.82) is 0 Å². The molecule has 0 saturated carbocycles. The molecule has 0 unspecified atom stereocenters. The maximum absolute atomic E-state index is 12.1. The Bertz CT molecular complexity index is 624. The van der Waals surface area contributed by atoms with Crippen LogP contribution < -0.4 is 4.74 Å². The number of hydrogen-bond donors (Lipinski definition) is 0. The van der Waals surface area contributed by atoms with Crippen LogP contribution in [0.2, 0.25) is 0 Å². The Balaban J connectivity index is 2.02. The standard InChI is InChI=1S/C14H17N3O2S/c1-4-17(7-10(2)3)12(18)8-19-13-11-5-6-20-14(11)16-9-15-13/h5-6,9H,2,4,7-8H2,1,3H3. The lowest BCUT2D eigenvalue weighted by Crippen LogP contribution is -2.35. The predicted molar refractivity (Wildman–Crippen MR) is 80.0 cm³/mol. The van der Waals surface area contributed by atoms with E-state index in [1.54, 1.807) is 4.90 Å². The average molecular weight is 291 g/mol. The minimum absolute atomic E-state index is 0.0247. The number of carbonyl (C=O) groups excluding carboxylic acids is 1. The van der Waals surface area contributed by atoms with Crippen molar-refractivity contribution in [2.75, 3.05) is 19.7 Å². The maximum atomic E-state index is 12.1. The summed E-state index contributed by atoms with van der Waals surface area (Å²) in [6.45, 7) is 8.81. The molecule has 0 spiro atoms. The van der Waals surface area contributed by atoms with Crippen molar-refractivity contribution >= 4 is 27.5 Å². The zero-order valence-corrected chi connectivity index (χ0v) is 12.4. The number of likely N-dealkylation sites (N-methyl/N-ethyl adjacent to an activating group) is 1. The summed E-state index contributed by atoms with van der Waals surface area (Å²) in [5.41, 5.74) is 0.947. The Morgan fingerprint density at radius 3 is 3.00 bits per heavy atom. The van der Waals surface area contributed by atoms with Crippen LogP contribution in [-0.4, -0.2) is 40.5 Å². The molecule has 2 aromatic rings. The van der Waals surface area contributed by atoms with E-state index >= 15 is 0 Å². The number of rotatable bonds is 6. The second-order valence-corrected chi connectivity index (χ2v) is 5.37. The summed E-state index contributed by atoms with van der Waals surface area (Å²) in [6.07, 6.45) is 1.45. The van der Waals surface area contributed by atoms with E-state index in [4.69, 9.17) is 4.74 Å². The van der Waals surface area contributed by atoms with Gasteiger partial charge in [0.15, 0.2) is 6.61 Å². The summed E-state index contributed by atoms with van der Waals surface area (Å²) >= 11 is 1.52. The molecule has 0 atom stereocenters. The Morgan fingerprint density at radius 2 is 2.30 bits per heavy atom. The molecule has 106 valence electrons. The number of aromatic nitrogens is 2. The number of thiophene rings is 1. The molecule has 2 aromatic heterocycles. The summed E-state index contributed by atoms with van der Waals surface area (Å²) in [5.74, 6) is 0.383. The minimum atomic E-state index is -0.0718. The highest BCUT2D eigenvalue weighted by Crippen LogP contribution is 2.25. The van der Waals surface area contributed by atoms with Gasteiger partial charge in [-0.2, -0.15) is 0 Å². The normalized spacial score (nSPS) is 10.5. The van der Waals surface area contributed by atoms with Crippen molar-refractivity contribution in [2.24, 2.45) is 0 Å². The molecule has 0 fully saturated rings. The fraction of sp³-hybridized carbons (Fsp3) is 0.357. The molecule has 0 radical (unpaired) electrons. The van der Waals surface area contributed by atoms with Gasteiger partial charge in [-0.3, -0.25) is 4.79 Å². The van der Waals surface area contributed by atoms with Gasteiger partial charge >= 0.3 is 0 Å². The van der Waals surface area contributed by atoms with Gasteiger partial charge in [-0.25, -0.2) is 9.97 Å². The van der Waals surface area contributed by atoms with Gasteiger partial charge in [0, 0.05) is 13.1 Å². The smallest absolute Gasteiger partial charge is 0.260 e. The lowest BCUT2D eigenvalue weighted by molar-refractivity contribution is -0.132. The van der Waals surface area contributed by atoms with Crippen LogP contribution in [0, 0.1) is 0 Å². The van der Waals surface area contributed by atoms with Crippen molar-refractivity contribution in [3.63, 3.8) is 0 Å². The SMILES string of the molecule is C=C(C)CN(CC)C(=O)COc1ncnc2sccc12. The highest BCUT2D eigenvalue weighted by atomic mass is 32.1. The number of carbonyl (C=O) groups is 1. The summed E-state index contributed by atoms with van der Waals surface area (Å²) in [7, 11) is 0. The largest absolute Gasteiger partial charge is 0.467 e. The molecule has 0 N–H and O–H groups in total. The number of nitrogens with zero attached hydrogens (tertiary/aromatic N) is 3. The molecule has 2 rings (SSSR count). The molecule has 0 saturated heterocycles. The van der Waals surface area contributed by atoms with Crippen LogP contribution in [0.4, 0.5) is 0 Å². The topological polar surface area (TPSA) is 55.3 Å². The van der Waals surface area contributed by atoms with Gasteiger partial charge in [0.05, 0.1) is 5.39 Å². The highest BCUT2D eigenvalue weighted by molar-refractivity contribution is 7.16. The second kappa shape index (κ2) is 6.47. The molecule has 2 heterocycles. The first kappa shape index (κ1) is 14.5. The number of hydrogen-bond acceptors (Lipinski definition) is 5. The van der Waals surface area contributed by atoms with Gasteiger partial charge in [-0.05, 0) is 25.3 Å². The fourth-order valence-corrected chi connectivity index (χ4v) is 2.53. The predicted octanol–water partition coefficient (Wildman–Crippen LogP) is 2.49. The van der Waals surface area contributed by atoms with Crippen molar-refractivity contribution in [3.8, 4) is 5.88 Å². The molecule has 0 aromatic carbocycles. The summed E-state index contributed by atoms with van der Waals surface area (Å²) in [5, 5.41) is 2.77. The number of amides is 1. The lowest BCUT2D eigenvalue weighted by atomic mass is 10.3. The third-order valence-electron chi connectivity index (χ3n) is 2.75. The summed E-state index contributed by atoms with van der Waals surface area (Å²) in [4.78, 5) is 22.9. The van der Waals surface area contributed by atoms with Crippen LogP contribution in [0.5, 0.6) is 5.88 Å². The third kappa shape index (κ3) is 3.33. The van der Waals surface area contributed by atoms with Crippen LogP contribution in [0.1, 0.15) is 13.8 Å². The molecule has 20 heavy (non-hydrogen) atoms. The Morgan fingerprint density at radius 1 is 1.50 bits per heavy atom. The first-order valence-corrected chi connectivity index (χ1v) is 7.23. The number of ether oxygens (including phenoxy) is 1. The van der Waals surface area contributed by atoms with E-state index in [2.05, 4.69) is 16.5 Å². The molecule has 1 amide bonds. The van der Waals surface area contributed by atoms with Gasteiger partial charge < -0.3 is 9.64 Å². The zero-order chi connectivity index (χ0) is 14.5. The van der Waals surface area contributed by atoms with E-state index < -0.39 is 0 Å². The first-order valence-electron chi connectivity index (χ1n) is 6.35. The van der Waals surface area contributed by atoms with Gasteiger partial charge in [-0.1, -0.05) is 12.2 Å². The molecular weight excluding hydrogens is 274 g/mol. The molecule has 6 heteroatoms. The lowest BCUT2D eigenvalue weighted by Gasteiger charge is -2.20. The van der Waals surface area contributed by atoms with Crippen molar-refractivity contribution in [2.45, 2.75) is 13.8 Å². The van der Waals surface area contributed by atoms with Crippen molar-refractivity contribution in [1.82, 2.24) is 14.9 Å². The molecular formula is C14H17N3O2S. The van der Waals surface area contributed by atoms with Crippen LogP contribution in [0.15, 0.2) is 29.9 Å². The molecule has 0 aliphatic heterocycles. The van der Waals surface area contributed by atoms with E-state index in [9.17, 15) is 4.79 Å². The molecule has 5 nitrogen and oxygen atoms in total. The summed E-state index contributed by atoms with van der Waals surface area (Å²) < 4.78 is 5.54. The zero-order valence-electron chi connectivity index (χ0n) is 11.6. The third-order valence-corrected chi connectivity index (χ3v) is 3.57. The van der Waals surface area contributed by atoms with Gasteiger partial charge in [0.1, 0.15) is 11.2 Å². The average Bonchev–Trinajstić information content (AvgIpc) is 2.90. The first-order chi connectivity index (χ1) is 9.61. The Hall–Kier alpha value is -1.95. The van der Waals surface area contributed by atoms with Crippen LogP contribution in [0.25, 0.3) is 10.2 Å². The quantitative estimate of drug-likeness (QED) is 0.767. The van der Waals surface area contributed by atoms with Crippen LogP contribution >= 0.6 is 11.3 Å². The molecule has 0 aliphatic rings. The van der Waals surface area contributed by atoms with Crippen molar-refractivity contribution < 1.29 is 9.53 Å². The van der Waals surface area contributed by atoms with Gasteiger partial charge in [-0.15, -0.1) is 11.3 Å². The van der Waals surface area contributed by atoms with E-state index in [0.717, 1.165) is 15.8 Å². The molecule has 0 bridgehead atoms.